The van der Waals surface area contributed by atoms with Crippen molar-refractivity contribution in [3.05, 3.63) is 0 Å². The van der Waals surface area contributed by atoms with Gasteiger partial charge in [0, 0.05) is 13.1 Å². The van der Waals surface area contributed by atoms with Crippen LogP contribution in [0.15, 0.2) is 0 Å². The van der Waals surface area contributed by atoms with E-state index >= 15 is 0 Å². The largest absolute Gasteiger partial charge is 0.353 e. The third-order valence-electron chi connectivity index (χ3n) is 2.46. The molecule has 0 bridgehead atoms. The van der Waals surface area contributed by atoms with Gasteiger partial charge in [-0.05, 0) is 26.9 Å². The Labute approximate surface area is 92.3 Å². The predicted molar refractivity (Wildman–Crippen MR) is 60.2 cm³/mol. The first kappa shape index (κ1) is 13.9. The molecule has 0 aromatic rings. The van der Waals surface area contributed by atoms with Gasteiger partial charge in [0.1, 0.15) is 5.41 Å². The van der Waals surface area contributed by atoms with Gasteiger partial charge < -0.3 is 10.2 Å². The van der Waals surface area contributed by atoms with Gasteiger partial charge in [-0.3, -0.25) is 4.79 Å². The lowest BCUT2D eigenvalue weighted by molar-refractivity contribution is -0.126. The number of rotatable bonds is 6. The van der Waals surface area contributed by atoms with Gasteiger partial charge >= 0.3 is 0 Å². The van der Waals surface area contributed by atoms with Crippen molar-refractivity contribution in [2.24, 2.45) is 5.41 Å². The molecule has 0 radical (unpaired) electrons. The molecule has 0 aromatic heterocycles. The van der Waals surface area contributed by atoms with Crippen LogP contribution in [0, 0.1) is 16.7 Å². The van der Waals surface area contributed by atoms with E-state index in [0.29, 0.717) is 6.54 Å². The summed E-state index contributed by atoms with van der Waals surface area (Å²) in [5.41, 5.74) is -0.927. The molecule has 0 unspecified atom stereocenters. The van der Waals surface area contributed by atoms with Crippen LogP contribution in [0.3, 0.4) is 0 Å². The maximum Gasteiger partial charge on any atom is 0.239 e. The Hall–Kier alpha value is -1.08. The minimum Gasteiger partial charge on any atom is -0.353 e. The lowest BCUT2D eigenvalue weighted by Gasteiger charge is -2.20. The van der Waals surface area contributed by atoms with Crippen molar-refractivity contribution < 1.29 is 4.79 Å². The fourth-order valence-corrected chi connectivity index (χ4v) is 1.14. The molecule has 0 spiro atoms. The van der Waals surface area contributed by atoms with E-state index in [-0.39, 0.29) is 5.91 Å². The fourth-order valence-electron chi connectivity index (χ4n) is 1.14. The van der Waals surface area contributed by atoms with Crippen LogP contribution in [0.4, 0.5) is 0 Å². The first-order valence-corrected chi connectivity index (χ1v) is 5.39. The molecule has 4 nitrogen and oxygen atoms in total. The number of amides is 1. The number of carbonyl (C=O) groups is 1. The molecule has 0 aliphatic rings. The molecule has 4 heteroatoms. The molecule has 0 fully saturated rings. The highest BCUT2D eigenvalue weighted by Crippen LogP contribution is 2.12. The molecule has 0 heterocycles. The summed E-state index contributed by atoms with van der Waals surface area (Å²) in [5.74, 6) is -0.197. The van der Waals surface area contributed by atoms with Crippen molar-refractivity contribution in [1.82, 2.24) is 10.2 Å². The van der Waals surface area contributed by atoms with Gasteiger partial charge in [0.05, 0.1) is 6.07 Å². The van der Waals surface area contributed by atoms with E-state index in [1.165, 1.54) is 0 Å². The summed E-state index contributed by atoms with van der Waals surface area (Å²) < 4.78 is 0. The highest BCUT2D eigenvalue weighted by Gasteiger charge is 2.26. The zero-order valence-corrected chi connectivity index (χ0v) is 10.1. The number of likely N-dealkylation sites (N-methyl/N-ethyl adjacent to an activating group) is 1. The van der Waals surface area contributed by atoms with Crippen molar-refractivity contribution in [3.8, 4) is 6.07 Å². The Balaban J connectivity index is 3.88. The number of nitrogens with zero attached hydrogens (tertiary/aromatic N) is 2. The first-order chi connectivity index (χ1) is 6.97. The normalized spacial score (nSPS) is 11.2. The number of hydrogen-bond donors (Lipinski definition) is 1. The second-order valence-corrected chi connectivity index (χ2v) is 4.02. The average molecular weight is 211 g/mol. The van der Waals surface area contributed by atoms with E-state index in [9.17, 15) is 4.79 Å². The minimum absolute atomic E-state index is 0.197. The topological polar surface area (TPSA) is 56.1 Å². The number of carbonyl (C=O) groups excluding carboxylic acids is 1. The van der Waals surface area contributed by atoms with Crippen LogP contribution in [0.2, 0.25) is 0 Å². The summed E-state index contributed by atoms with van der Waals surface area (Å²) in [6.45, 7) is 10.8. The molecule has 0 saturated heterocycles. The summed E-state index contributed by atoms with van der Waals surface area (Å²) in [6.07, 6.45) is 0. The Morgan fingerprint density at radius 2 is 1.93 bits per heavy atom. The molecule has 0 rings (SSSR count). The van der Waals surface area contributed by atoms with E-state index in [2.05, 4.69) is 24.1 Å². The van der Waals surface area contributed by atoms with Crippen molar-refractivity contribution in [2.75, 3.05) is 26.2 Å². The second-order valence-electron chi connectivity index (χ2n) is 4.02. The third-order valence-corrected chi connectivity index (χ3v) is 2.46. The summed E-state index contributed by atoms with van der Waals surface area (Å²) in [6, 6.07) is 1.98. The number of nitrogens with one attached hydrogen (secondary N) is 1. The SMILES string of the molecule is CCN(CC)CCNC(=O)C(C)(C)C#N. The van der Waals surface area contributed by atoms with Crippen molar-refractivity contribution >= 4 is 5.91 Å². The number of hydrogen-bond acceptors (Lipinski definition) is 3. The standard InChI is InChI=1S/C11H21N3O/c1-5-14(6-2)8-7-13-10(15)11(3,4)9-12/h5-8H2,1-4H3,(H,13,15). The maximum absolute atomic E-state index is 11.5. The van der Waals surface area contributed by atoms with E-state index < -0.39 is 5.41 Å². The Morgan fingerprint density at radius 3 is 2.33 bits per heavy atom. The molecule has 0 aromatic carbocycles. The van der Waals surface area contributed by atoms with Gasteiger partial charge in [0.25, 0.3) is 0 Å². The third kappa shape index (κ3) is 4.80. The summed E-state index contributed by atoms with van der Waals surface area (Å²) >= 11 is 0. The van der Waals surface area contributed by atoms with Gasteiger partial charge in [-0.1, -0.05) is 13.8 Å². The monoisotopic (exact) mass is 211 g/mol. The van der Waals surface area contributed by atoms with E-state index in [1.54, 1.807) is 13.8 Å². The van der Waals surface area contributed by atoms with Crippen molar-refractivity contribution in [1.29, 1.82) is 5.26 Å². The van der Waals surface area contributed by atoms with Crippen LogP contribution >= 0.6 is 0 Å². The fraction of sp³-hybridized carbons (Fsp3) is 0.818. The summed E-state index contributed by atoms with van der Waals surface area (Å²) in [7, 11) is 0. The summed E-state index contributed by atoms with van der Waals surface area (Å²) in [5, 5.41) is 11.5. The van der Waals surface area contributed by atoms with Crippen LogP contribution in [0.1, 0.15) is 27.7 Å². The predicted octanol–water partition coefficient (Wildman–Crippen LogP) is 0.994. The van der Waals surface area contributed by atoms with Gasteiger partial charge in [-0.25, -0.2) is 0 Å². The zero-order valence-electron chi connectivity index (χ0n) is 10.1. The quantitative estimate of drug-likeness (QED) is 0.713. The Bertz CT molecular complexity index is 239. The van der Waals surface area contributed by atoms with Gasteiger partial charge in [0.15, 0.2) is 0 Å². The van der Waals surface area contributed by atoms with Crippen molar-refractivity contribution in [2.45, 2.75) is 27.7 Å². The van der Waals surface area contributed by atoms with E-state index in [4.69, 9.17) is 5.26 Å². The minimum atomic E-state index is -0.927. The highest BCUT2D eigenvalue weighted by molar-refractivity contribution is 5.84. The summed E-state index contributed by atoms with van der Waals surface area (Å²) in [4.78, 5) is 13.7. The van der Waals surface area contributed by atoms with Gasteiger partial charge in [-0.15, -0.1) is 0 Å². The molecule has 86 valence electrons. The van der Waals surface area contributed by atoms with Gasteiger partial charge in [0.2, 0.25) is 5.91 Å². The first-order valence-electron chi connectivity index (χ1n) is 5.39. The molecule has 0 atom stereocenters. The molecule has 0 aliphatic carbocycles. The lowest BCUT2D eigenvalue weighted by atomic mass is 9.95. The van der Waals surface area contributed by atoms with E-state index in [0.717, 1.165) is 19.6 Å². The Morgan fingerprint density at radius 1 is 1.40 bits per heavy atom. The Kier molecular flexibility index (Phi) is 5.95. The maximum atomic E-state index is 11.5. The van der Waals surface area contributed by atoms with Crippen LogP contribution in [-0.4, -0.2) is 37.0 Å². The average Bonchev–Trinajstić information content (AvgIpc) is 2.24. The molecular weight excluding hydrogens is 190 g/mol. The van der Waals surface area contributed by atoms with Crippen LogP contribution in [0.25, 0.3) is 0 Å². The second kappa shape index (κ2) is 6.41. The molecule has 15 heavy (non-hydrogen) atoms. The molecule has 1 N–H and O–H groups in total. The van der Waals surface area contributed by atoms with Crippen molar-refractivity contribution in [3.63, 3.8) is 0 Å². The molecule has 1 amide bonds. The molecular formula is C11H21N3O. The smallest absolute Gasteiger partial charge is 0.239 e. The molecule has 0 aliphatic heterocycles. The van der Waals surface area contributed by atoms with Crippen LogP contribution in [0.5, 0.6) is 0 Å². The van der Waals surface area contributed by atoms with E-state index in [1.807, 2.05) is 6.07 Å². The van der Waals surface area contributed by atoms with Crippen LogP contribution in [-0.2, 0) is 4.79 Å². The zero-order chi connectivity index (χ0) is 11.9. The number of nitriles is 1. The highest BCUT2D eigenvalue weighted by atomic mass is 16.2. The lowest BCUT2D eigenvalue weighted by Crippen LogP contribution is -2.40. The van der Waals surface area contributed by atoms with Gasteiger partial charge in [-0.2, -0.15) is 5.26 Å². The molecule has 0 saturated carbocycles. The van der Waals surface area contributed by atoms with Crippen LogP contribution < -0.4 is 5.32 Å².